The van der Waals surface area contributed by atoms with E-state index in [9.17, 15) is 9.90 Å². The van der Waals surface area contributed by atoms with Gasteiger partial charge in [0.2, 0.25) is 0 Å². The van der Waals surface area contributed by atoms with Crippen LogP contribution < -0.4 is 4.74 Å². The van der Waals surface area contributed by atoms with Gasteiger partial charge in [0.1, 0.15) is 6.29 Å². The summed E-state index contributed by atoms with van der Waals surface area (Å²) in [5, 5.41) is 9.80. The van der Waals surface area contributed by atoms with E-state index < -0.39 is 0 Å². The van der Waals surface area contributed by atoms with Crippen molar-refractivity contribution in [2.45, 2.75) is 6.92 Å². The Morgan fingerprint density at radius 1 is 1.56 bits per heavy atom. The van der Waals surface area contributed by atoms with E-state index in [0.29, 0.717) is 29.8 Å². The van der Waals surface area contributed by atoms with Gasteiger partial charge in [-0.2, -0.15) is 12.6 Å². The van der Waals surface area contributed by atoms with Gasteiger partial charge in [-0.25, -0.2) is 0 Å². The fourth-order valence-corrected chi connectivity index (χ4v) is 1.27. The van der Waals surface area contributed by atoms with Crippen LogP contribution in [0.2, 0.25) is 0 Å². The maximum absolute atomic E-state index is 10.7. The van der Waals surface area contributed by atoms with Crippen molar-refractivity contribution < 1.29 is 14.6 Å². The third kappa shape index (κ3) is 2.94. The first-order valence-corrected chi connectivity index (χ1v) is 5.40. The predicted molar refractivity (Wildman–Crippen MR) is 65.4 cm³/mol. The maximum atomic E-state index is 10.7. The molecule has 0 atom stereocenters. The lowest BCUT2D eigenvalue weighted by Gasteiger charge is -2.07. The molecule has 0 aliphatic rings. The fourth-order valence-electron chi connectivity index (χ4n) is 1.19. The van der Waals surface area contributed by atoms with Gasteiger partial charge in [0.15, 0.2) is 11.5 Å². The Balaban J connectivity index is 3.25. The molecule has 0 radical (unpaired) electrons. The zero-order valence-corrected chi connectivity index (χ0v) is 9.75. The van der Waals surface area contributed by atoms with Crippen molar-refractivity contribution in [1.82, 2.24) is 0 Å². The number of aromatic hydroxyl groups is 1. The molecule has 3 nitrogen and oxygen atoms in total. The number of carbonyl (C=O) groups excluding carboxylic acids is 1. The molecule has 0 fully saturated rings. The highest BCUT2D eigenvalue weighted by Gasteiger charge is 2.09. The van der Waals surface area contributed by atoms with Crippen molar-refractivity contribution in [3.63, 3.8) is 0 Å². The molecule has 0 saturated heterocycles. The summed E-state index contributed by atoms with van der Waals surface area (Å²) >= 11 is 3.95. The van der Waals surface area contributed by atoms with Crippen LogP contribution in [0.5, 0.6) is 11.5 Å². The molecule has 4 heteroatoms. The highest BCUT2D eigenvalue weighted by atomic mass is 32.1. The molecule has 0 spiro atoms. The Labute approximate surface area is 99.8 Å². The lowest BCUT2D eigenvalue weighted by molar-refractivity contribution is 0.112. The van der Waals surface area contributed by atoms with E-state index >= 15 is 0 Å². The number of phenols is 1. The van der Waals surface area contributed by atoms with Crippen LogP contribution in [0, 0.1) is 11.8 Å². The number of rotatable bonds is 3. The monoisotopic (exact) mass is 236 g/mol. The van der Waals surface area contributed by atoms with Crippen molar-refractivity contribution in [3.8, 4) is 23.3 Å². The minimum atomic E-state index is -0.0401. The Morgan fingerprint density at radius 2 is 2.31 bits per heavy atom. The molecule has 16 heavy (non-hydrogen) atoms. The summed E-state index contributed by atoms with van der Waals surface area (Å²) in [5.41, 5.74) is 0.798. The van der Waals surface area contributed by atoms with Gasteiger partial charge >= 0.3 is 0 Å². The summed E-state index contributed by atoms with van der Waals surface area (Å²) in [4.78, 5) is 10.7. The molecule has 0 heterocycles. The first-order chi connectivity index (χ1) is 7.72. The highest BCUT2D eigenvalue weighted by molar-refractivity contribution is 7.80. The molecule has 1 aromatic rings. The summed E-state index contributed by atoms with van der Waals surface area (Å²) in [7, 11) is 0. The average molecular weight is 236 g/mol. The summed E-state index contributed by atoms with van der Waals surface area (Å²) < 4.78 is 5.20. The van der Waals surface area contributed by atoms with Crippen molar-refractivity contribution in [3.05, 3.63) is 23.3 Å². The quantitative estimate of drug-likeness (QED) is 0.478. The molecule has 1 rings (SSSR count). The number of carbonyl (C=O) groups is 1. The van der Waals surface area contributed by atoms with E-state index in [-0.39, 0.29) is 11.5 Å². The van der Waals surface area contributed by atoms with Gasteiger partial charge in [-0.1, -0.05) is 11.8 Å². The summed E-state index contributed by atoms with van der Waals surface area (Å²) in [6.45, 7) is 2.21. The number of aldehydes is 1. The summed E-state index contributed by atoms with van der Waals surface area (Å²) in [5.74, 6) is 6.05. The third-order valence-corrected chi connectivity index (χ3v) is 1.99. The van der Waals surface area contributed by atoms with Gasteiger partial charge in [-0.3, -0.25) is 4.79 Å². The standard InChI is InChI=1S/C12H12O3S/c1-2-15-11-7-9(8-13)6-10(12(11)14)4-3-5-16/h6-8,14,16H,2,5H2,1H3. The largest absolute Gasteiger partial charge is 0.503 e. The second-order valence-corrected chi connectivity index (χ2v) is 3.24. The molecule has 0 amide bonds. The van der Waals surface area contributed by atoms with Gasteiger partial charge < -0.3 is 9.84 Å². The molecular formula is C12H12O3S. The van der Waals surface area contributed by atoms with Crippen molar-refractivity contribution >= 4 is 18.9 Å². The average Bonchev–Trinajstić information content (AvgIpc) is 2.30. The van der Waals surface area contributed by atoms with Crippen LogP contribution >= 0.6 is 12.6 Å². The summed E-state index contributed by atoms with van der Waals surface area (Å²) in [6, 6.07) is 3.00. The van der Waals surface area contributed by atoms with E-state index in [1.165, 1.54) is 12.1 Å². The van der Waals surface area contributed by atoms with E-state index in [1.807, 2.05) is 0 Å². The topological polar surface area (TPSA) is 46.5 Å². The molecule has 0 bridgehead atoms. The van der Waals surface area contributed by atoms with E-state index in [2.05, 4.69) is 24.5 Å². The van der Waals surface area contributed by atoms with Gasteiger partial charge in [-0.15, -0.1) is 0 Å². The molecule has 0 saturated carbocycles. The van der Waals surface area contributed by atoms with Crippen LogP contribution in [0.1, 0.15) is 22.8 Å². The first-order valence-electron chi connectivity index (χ1n) is 4.77. The van der Waals surface area contributed by atoms with Crippen LogP contribution in [0.4, 0.5) is 0 Å². The van der Waals surface area contributed by atoms with E-state index in [1.54, 1.807) is 6.92 Å². The van der Waals surface area contributed by atoms with Crippen molar-refractivity contribution in [2.75, 3.05) is 12.4 Å². The minimum Gasteiger partial charge on any atom is -0.503 e. The Morgan fingerprint density at radius 3 is 2.88 bits per heavy atom. The van der Waals surface area contributed by atoms with Crippen LogP contribution in [-0.4, -0.2) is 23.8 Å². The highest BCUT2D eigenvalue weighted by Crippen LogP contribution is 2.30. The van der Waals surface area contributed by atoms with Crippen molar-refractivity contribution in [1.29, 1.82) is 0 Å². The Kier molecular flexibility index (Phi) is 4.74. The summed E-state index contributed by atoms with van der Waals surface area (Å²) in [6.07, 6.45) is 0.688. The SMILES string of the molecule is CCOc1cc(C=O)cc(C#CCS)c1O. The van der Waals surface area contributed by atoms with Crippen LogP contribution in [0.15, 0.2) is 12.1 Å². The number of hydrogen-bond donors (Lipinski definition) is 2. The minimum absolute atomic E-state index is 0.0401. The second kappa shape index (κ2) is 6.09. The maximum Gasteiger partial charge on any atom is 0.173 e. The lowest BCUT2D eigenvalue weighted by Crippen LogP contribution is -1.95. The molecule has 0 aliphatic carbocycles. The molecule has 84 valence electrons. The second-order valence-electron chi connectivity index (χ2n) is 2.93. The predicted octanol–water partition coefficient (Wildman–Crippen LogP) is 1.88. The van der Waals surface area contributed by atoms with Gasteiger partial charge in [-0.05, 0) is 19.1 Å². The number of hydrogen-bond acceptors (Lipinski definition) is 4. The van der Waals surface area contributed by atoms with Gasteiger partial charge in [0.05, 0.1) is 17.9 Å². The molecule has 0 aliphatic heterocycles. The number of thiol groups is 1. The van der Waals surface area contributed by atoms with Gasteiger partial charge in [0, 0.05) is 5.56 Å². The zero-order chi connectivity index (χ0) is 12.0. The van der Waals surface area contributed by atoms with Gasteiger partial charge in [0.25, 0.3) is 0 Å². The number of ether oxygens (including phenoxy) is 1. The lowest BCUT2D eigenvalue weighted by atomic mass is 10.1. The number of phenolic OH excluding ortho intramolecular Hbond substituents is 1. The Bertz CT molecular complexity index is 444. The zero-order valence-electron chi connectivity index (χ0n) is 8.86. The molecule has 0 unspecified atom stereocenters. The smallest absolute Gasteiger partial charge is 0.173 e. The van der Waals surface area contributed by atoms with Crippen LogP contribution in [0.3, 0.4) is 0 Å². The normalized spacial score (nSPS) is 9.12. The van der Waals surface area contributed by atoms with Crippen LogP contribution in [-0.2, 0) is 0 Å². The Hall–Kier alpha value is -1.60. The van der Waals surface area contributed by atoms with E-state index in [0.717, 1.165) is 0 Å². The molecule has 0 aromatic heterocycles. The molecular weight excluding hydrogens is 224 g/mol. The number of benzene rings is 1. The van der Waals surface area contributed by atoms with Crippen LogP contribution in [0.25, 0.3) is 0 Å². The fraction of sp³-hybridized carbons (Fsp3) is 0.250. The van der Waals surface area contributed by atoms with Crippen molar-refractivity contribution in [2.24, 2.45) is 0 Å². The molecule has 1 aromatic carbocycles. The third-order valence-electron chi connectivity index (χ3n) is 1.84. The van der Waals surface area contributed by atoms with E-state index in [4.69, 9.17) is 4.74 Å². The first kappa shape index (κ1) is 12.5. The molecule has 1 N–H and O–H groups in total.